The maximum absolute atomic E-state index is 13.2. The molecule has 9 nitrogen and oxygen atoms in total. The number of hydrogen-bond acceptors (Lipinski definition) is 9. The van der Waals surface area contributed by atoms with Gasteiger partial charge in [-0.1, -0.05) is 13.8 Å². The van der Waals surface area contributed by atoms with Crippen LogP contribution in [-0.4, -0.2) is 94.5 Å². The van der Waals surface area contributed by atoms with Crippen molar-refractivity contribution >= 4 is 11.8 Å². The lowest BCUT2D eigenvalue weighted by atomic mass is 9.83. The van der Waals surface area contributed by atoms with Crippen molar-refractivity contribution in [3.63, 3.8) is 0 Å². The smallest absolute Gasteiger partial charge is 0.311 e. The fourth-order valence-electron chi connectivity index (χ4n) is 4.94. The molecular formula is C25H43NO8. The van der Waals surface area contributed by atoms with Gasteiger partial charge in [-0.3, -0.25) is 9.59 Å². The lowest BCUT2D eigenvalue weighted by Gasteiger charge is -2.43. The minimum absolute atomic E-state index is 0.162. The number of allylic oxidation sites excluding steroid dienone is 1. The first-order valence-electron chi connectivity index (χ1n) is 12.1. The van der Waals surface area contributed by atoms with Crippen molar-refractivity contribution in [3.8, 4) is 0 Å². The van der Waals surface area contributed by atoms with Gasteiger partial charge in [-0.15, -0.1) is 0 Å². The molecule has 0 aromatic rings. The van der Waals surface area contributed by atoms with Crippen molar-refractivity contribution in [2.75, 3.05) is 14.1 Å². The number of carbonyl (C=O) groups is 2. The van der Waals surface area contributed by atoms with Crippen LogP contribution in [0.4, 0.5) is 0 Å². The Labute approximate surface area is 203 Å². The Hall–Kier alpha value is -1.36. The van der Waals surface area contributed by atoms with Crippen molar-refractivity contribution in [1.29, 1.82) is 0 Å². The number of aliphatic hydroxyl groups is 3. The first-order chi connectivity index (χ1) is 15.7. The van der Waals surface area contributed by atoms with Gasteiger partial charge >= 0.3 is 5.97 Å². The minimum Gasteiger partial charge on any atom is -0.456 e. The van der Waals surface area contributed by atoms with Gasteiger partial charge in [0.1, 0.15) is 11.7 Å². The van der Waals surface area contributed by atoms with Gasteiger partial charge in [-0.05, 0) is 72.7 Å². The van der Waals surface area contributed by atoms with Crippen molar-refractivity contribution < 1.29 is 39.1 Å². The fraction of sp³-hybridized carbons (Fsp3) is 0.840. The largest absolute Gasteiger partial charge is 0.456 e. The van der Waals surface area contributed by atoms with E-state index in [1.54, 1.807) is 13.8 Å². The monoisotopic (exact) mass is 485 g/mol. The molecule has 2 rings (SSSR count). The van der Waals surface area contributed by atoms with E-state index < -0.39 is 54.1 Å². The number of nitrogens with zero attached hydrogens (tertiary/aromatic N) is 1. The minimum atomic E-state index is -1.75. The number of esters is 1. The summed E-state index contributed by atoms with van der Waals surface area (Å²) < 4.78 is 17.7. The van der Waals surface area contributed by atoms with E-state index in [2.05, 4.69) is 0 Å². The van der Waals surface area contributed by atoms with Gasteiger partial charge in [0.05, 0.1) is 24.2 Å². The summed E-state index contributed by atoms with van der Waals surface area (Å²) in [6, 6.07) is -0.182. The molecule has 0 aliphatic carbocycles. The molecule has 0 radical (unpaired) electrons. The molecule has 1 fully saturated rings. The maximum Gasteiger partial charge on any atom is 0.311 e. The molecule has 0 aromatic heterocycles. The molecule has 1 saturated heterocycles. The Morgan fingerprint density at radius 3 is 2.35 bits per heavy atom. The second kappa shape index (κ2) is 11.6. The Morgan fingerprint density at radius 1 is 1.18 bits per heavy atom. The van der Waals surface area contributed by atoms with Crippen LogP contribution in [0.2, 0.25) is 0 Å². The zero-order valence-electron chi connectivity index (χ0n) is 21.7. The summed E-state index contributed by atoms with van der Waals surface area (Å²) in [7, 11) is 3.76. The molecule has 196 valence electrons. The quantitative estimate of drug-likeness (QED) is 0.505. The van der Waals surface area contributed by atoms with Crippen LogP contribution in [0.1, 0.15) is 54.4 Å². The second-order valence-electron chi connectivity index (χ2n) is 10.6. The highest BCUT2D eigenvalue weighted by atomic mass is 16.7. The van der Waals surface area contributed by atoms with E-state index in [0.717, 1.165) is 0 Å². The Morgan fingerprint density at radius 2 is 1.79 bits per heavy atom. The number of hydrogen-bond donors (Lipinski definition) is 3. The summed E-state index contributed by atoms with van der Waals surface area (Å²) >= 11 is 0. The zero-order chi connectivity index (χ0) is 26.0. The molecule has 3 N–H and O–H groups in total. The van der Waals surface area contributed by atoms with E-state index in [0.29, 0.717) is 12.8 Å². The highest BCUT2D eigenvalue weighted by Crippen LogP contribution is 2.32. The van der Waals surface area contributed by atoms with E-state index >= 15 is 0 Å². The molecule has 2 heterocycles. The molecule has 2 aliphatic heterocycles. The maximum atomic E-state index is 13.2. The first-order valence-corrected chi connectivity index (χ1v) is 12.1. The Kier molecular flexibility index (Phi) is 9.84. The topological polar surface area (TPSA) is 126 Å². The van der Waals surface area contributed by atoms with Gasteiger partial charge in [-0.2, -0.15) is 0 Å². The van der Waals surface area contributed by atoms with Crippen LogP contribution >= 0.6 is 0 Å². The SMILES string of the molecule is C[C@@H]1C[C@H](N(C)C)[C@@H](O)[C@H](O[C@H]2[C@@H](C)C[C@@H](C)C(=O)/C=C/[C@](C)(O)C([C@@H](C)O)OC(=O)[C@@H]2C)O1. The van der Waals surface area contributed by atoms with E-state index in [9.17, 15) is 24.9 Å². The van der Waals surface area contributed by atoms with Crippen molar-refractivity contribution in [2.24, 2.45) is 17.8 Å². The normalized spacial score (nSPS) is 44.6. The predicted octanol–water partition coefficient (Wildman–Crippen LogP) is 1.28. The summed E-state index contributed by atoms with van der Waals surface area (Å²) in [6.45, 7) is 10.0. The third-order valence-corrected chi connectivity index (χ3v) is 7.05. The van der Waals surface area contributed by atoms with Crippen LogP contribution in [-0.2, 0) is 23.8 Å². The lowest BCUT2D eigenvalue weighted by molar-refractivity contribution is -0.279. The zero-order valence-corrected chi connectivity index (χ0v) is 21.7. The van der Waals surface area contributed by atoms with Gasteiger partial charge in [-0.25, -0.2) is 0 Å². The molecule has 34 heavy (non-hydrogen) atoms. The van der Waals surface area contributed by atoms with Crippen LogP contribution < -0.4 is 0 Å². The molecule has 0 bridgehead atoms. The summed E-state index contributed by atoms with van der Waals surface area (Å²) in [5, 5.41) is 32.0. The summed E-state index contributed by atoms with van der Waals surface area (Å²) in [5.74, 6) is -2.32. The number of ether oxygens (including phenoxy) is 3. The molecule has 0 saturated carbocycles. The Bertz CT molecular complexity index is 736. The molecule has 0 amide bonds. The number of aliphatic hydroxyl groups excluding tert-OH is 2. The molecular weight excluding hydrogens is 442 g/mol. The van der Waals surface area contributed by atoms with Crippen molar-refractivity contribution in [2.45, 2.75) is 103 Å². The predicted molar refractivity (Wildman–Crippen MR) is 126 cm³/mol. The van der Waals surface area contributed by atoms with Crippen LogP contribution in [0.25, 0.3) is 0 Å². The number of cyclic esters (lactones) is 1. The standard InChI is InChI=1S/C25H43NO8/c1-13-11-14(2)21(33-24-20(29)18(26(7)8)12-15(3)32-24)16(4)23(30)34-22(17(5)27)25(6,31)10-9-19(13)28/h9-10,13-18,20-22,24,27,29,31H,11-12H2,1-8H3/b10-9+/t13-,14+,15-,16-,17-,18+,20-,21+,22?,24+,25+/m1/s1. The fourth-order valence-corrected chi connectivity index (χ4v) is 4.94. The van der Waals surface area contributed by atoms with E-state index in [1.807, 2.05) is 32.8 Å². The molecule has 1 unspecified atom stereocenters. The van der Waals surface area contributed by atoms with Crippen LogP contribution in [0.15, 0.2) is 12.2 Å². The van der Waals surface area contributed by atoms with Crippen LogP contribution in [0.3, 0.4) is 0 Å². The number of ketones is 1. The van der Waals surface area contributed by atoms with Gasteiger partial charge in [0, 0.05) is 12.0 Å². The van der Waals surface area contributed by atoms with Gasteiger partial charge < -0.3 is 34.4 Å². The van der Waals surface area contributed by atoms with Crippen molar-refractivity contribution in [3.05, 3.63) is 12.2 Å². The van der Waals surface area contributed by atoms with E-state index in [4.69, 9.17) is 14.2 Å². The average molecular weight is 486 g/mol. The van der Waals surface area contributed by atoms with Gasteiger partial charge in [0.15, 0.2) is 18.2 Å². The summed E-state index contributed by atoms with van der Waals surface area (Å²) in [5.41, 5.74) is -1.75. The molecule has 9 heteroatoms. The van der Waals surface area contributed by atoms with Crippen LogP contribution in [0.5, 0.6) is 0 Å². The number of carbonyl (C=O) groups excluding carboxylic acids is 2. The summed E-state index contributed by atoms with van der Waals surface area (Å²) in [4.78, 5) is 27.8. The molecule has 0 aromatic carbocycles. The van der Waals surface area contributed by atoms with Crippen LogP contribution in [0, 0.1) is 17.8 Å². The average Bonchev–Trinajstić information content (AvgIpc) is 2.73. The molecule has 11 atom stereocenters. The highest BCUT2D eigenvalue weighted by molar-refractivity contribution is 5.91. The molecule has 2 aliphatic rings. The third-order valence-electron chi connectivity index (χ3n) is 7.05. The van der Waals surface area contributed by atoms with E-state index in [-0.39, 0.29) is 23.8 Å². The van der Waals surface area contributed by atoms with Gasteiger partial charge in [0.25, 0.3) is 0 Å². The number of likely N-dealkylation sites (N-methyl/N-ethyl adjacent to an activating group) is 1. The number of rotatable bonds is 4. The third kappa shape index (κ3) is 6.86. The molecule has 0 spiro atoms. The van der Waals surface area contributed by atoms with E-state index in [1.165, 1.54) is 26.0 Å². The second-order valence-corrected chi connectivity index (χ2v) is 10.6. The first kappa shape index (κ1) is 28.9. The lowest BCUT2D eigenvalue weighted by Crippen LogP contribution is -2.56. The van der Waals surface area contributed by atoms with Gasteiger partial charge in [0.2, 0.25) is 0 Å². The van der Waals surface area contributed by atoms with Crippen molar-refractivity contribution in [1.82, 2.24) is 4.90 Å². The summed E-state index contributed by atoms with van der Waals surface area (Å²) in [6.07, 6.45) is -1.67. The Balaban J connectivity index is 2.40. The highest BCUT2D eigenvalue weighted by Gasteiger charge is 2.44.